The van der Waals surface area contributed by atoms with Gasteiger partial charge in [0.25, 0.3) is 0 Å². The molecule has 2 nitrogen and oxygen atoms in total. The van der Waals surface area contributed by atoms with Crippen molar-refractivity contribution in [2.45, 2.75) is 6.54 Å². The van der Waals surface area contributed by atoms with Crippen LogP contribution in [0.15, 0.2) is 54.7 Å². The highest BCUT2D eigenvalue weighted by Crippen LogP contribution is 2.25. The molecule has 0 amide bonds. The molecule has 2 aromatic heterocycles. The Morgan fingerprint density at radius 2 is 2.00 bits per heavy atom. The smallest absolute Gasteiger partial charge is 0.114 e. The standard InChI is InChI=1S/C16H11ClN2S/c17-12-5-6-14-11(9-12)7-8-19(14)10-16-18-13-3-1-2-4-15(13)20-16/h1-9H,10H2. The molecular weight excluding hydrogens is 288 g/mol. The maximum atomic E-state index is 6.02. The first-order valence-electron chi connectivity index (χ1n) is 6.38. The fourth-order valence-corrected chi connectivity index (χ4v) is 3.59. The Kier molecular flexibility index (Phi) is 2.76. The van der Waals surface area contributed by atoms with E-state index in [0.717, 1.165) is 22.1 Å². The topological polar surface area (TPSA) is 17.8 Å². The van der Waals surface area contributed by atoms with Gasteiger partial charge in [0.1, 0.15) is 5.01 Å². The van der Waals surface area contributed by atoms with Gasteiger partial charge in [0, 0.05) is 22.1 Å². The quantitative estimate of drug-likeness (QED) is 0.512. The zero-order valence-corrected chi connectivity index (χ0v) is 12.2. The molecule has 0 saturated heterocycles. The van der Waals surface area contributed by atoms with E-state index in [-0.39, 0.29) is 0 Å². The Balaban J connectivity index is 1.76. The van der Waals surface area contributed by atoms with Crippen molar-refractivity contribution in [1.29, 1.82) is 0 Å². The minimum Gasteiger partial charge on any atom is -0.341 e. The molecule has 0 bridgehead atoms. The Labute approximate surface area is 125 Å². The molecule has 2 heterocycles. The third kappa shape index (κ3) is 1.99. The van der Waals surface area contributed by atoms with Crippen LogP contribution in [0, 0.1) is 0 Å². The molecule has 0 aliphatic carbocycles. The lowest BCUT2D eigenvalue weighted by molar-refractivity contribution is 0.831. The van der Waals surface area contributed by atoms with Crippen molar-refractivity contribution in [2.24, 2.45) is 0 Å². The number of thiazole rings is 1. The van der Waals surface area contributed by atoms with Crippen LogP contribution in [0.1, 0.15) is 5.01 Å². The minimum atomic E-state index is 0.773. The largest absolute Gasteiger partial charge is 0.341 e. The van der Waals surface area contributed by atoms with Crippen LogP contribution in [-0.2, 0) is 6.54 Å². The van der Waals surface area contributed by atoms with Crippen LogP contribution in [0.3, 0.4) is 0 Å². The number of hydrogen-bond acceptors (Lipinski definition) is 2. The molecule has 0 atom stereocenters. The fourth-order valence-electron chi connectivity index (χ4n) is 2.44. The van der Waals surface area contributed by atoms with E-state index in [4.69, 9.17) is 11.6 Å². The van der Waals surface area contributed by atoms with Gasteiger partial charge in [0.05, 0.1) is 16.8 Å². The van der Waals surface area contributed by atoms with Crippen LogP contribution in [0.25, 0.3) is 21.1 Å². The van der Waals surface area contributed by atoms with Crippen LogP contribution < -0.4 is 0 Å². The Hall–Kier alpha value is -1.84. The molecule has 0 radical (unpaired) electrons. The third-order valence-electron chi connectivity index (χ3n) is 3.38. The average Bonchev–Trinajstić information content (AvgIpc) is 3.02. The lowest BCUT2D eigenvalue weighted by atomic mass is 10.2. The van der Waals surface area contributed by atoms with E-state index < -0.39 is 0 Å². The lowest BCUT2D eigenvalue weighted by Crippen LogP contribution is -1.96. The number of fused-ring (bicyclic) bond motifs is 2. The Morgan fingerprint density at radius 1 is 1.10 bits per heavy atom. The monoisotopic (exact) mass is 298 g/mol. The van der Waals surface area contributed by atoms with E-state index in [1.807, 2.05) is 18.2 Å². The first kappa shape index (κ1) is 11.9. The van der Waals surface area contributed by atoms with Gasteiger partial charge >= 0.3 is 0 Å². The molecular formula is C16H11ClN2S. The SMILES string of the molecule is Clc1ccc2c(ccn2Cc2nc3ccccc3s2)c1. The molecule has 0 fully saturated rings. The summed E-state index contributed by atoms with van der Waals surface area (Å²) in [5.74, 6) is 0. The normalized spacial score (nSPS) is 11.4. The number of nitrogens with zero attached hydrogens (tertiary/aromatic N) is 2. The predicted octanol–water partition coefficient (Wildman–Crippen LogP) is 4.95. The number of halogens is 1. The van der Waals surface area contributed by atoms with E-state index in [1.165, 1.54) is 15.6 Å². The molecule has 2 aromatic carbocycles. The summed E-state index contributed by atoms with van der Waals surface area (Å²) in [4.78, 5) is 4.68. The van der Waals surface area contributed by atoms with Gasteiger partial charge in [-0.2, -0.15) is 0 Å². The van der Waals surface area contributed by atoms with E-state index in [0.29, 0.717) is 0 Å². The van der Waals surface area contributed by atoms with Crippen molar-refractivity contribution >= 4 is 44.1 Å². The summed E-state index contributed by atoms with van der Waals surface area (Å²) < 4.78 is 3.45. The number of aromatic nitrogens is 2. The molecule has 4 rings (SSSR count). The van der Waals surface area contributed by atoms with Crippen molar-refractivity contribution in [3.05, 3.63) is 64.8 Å². The molecule has 0 aliphatic heterocycles. The van der Waals surface area contributed by atoms with E-state index in [1.54, 1.807) is 11.3 Å². The number of hydrogen-bond donors (Lipinski definition) is 0. The molecule has 4 heteroatoms. The summed E-state index contributed by atoms with van der Waals surface area (Å²) >= 11 is 7.77. The maximum Gasteiger partial charge on any atom is 0.114 e. The summed E-state index contributed by atoms with van der Waals surface area (Å²) in [5, 5.41) is 3.06. The summed E-state index contributed by atoms with van der Waals surface area (Å²) in [6, 6.07) is 16.3. The van der Waals surface area contributed by atoms with Gasteiger partial charge in [0.2, 0.25) is 0 Å². The molecule has 0 N–H and O–H groups in total. The molecule has 4 aromatic rings. The van der Waals surface area contributed by atoms with Crippen LogP contribution >= 0.6 is 22.9 Å². The number of rotatable bonds is 2. The summed E-state index contributed by atoms with van der Waals surface area (Å²) in [6.07, 6.45) is 2.09. The predicted molar refractivity (Wildman–Crippen MR) is 85.7 cm³/mol. The highest BCUT2D eigenvalue weighted by molar-refractivity contribution is 7.18. The molecule has 0 spiro atoms. The van der Waals surface area contributed by atoms with Gasteiger partial charge in [-0.15, -0.1) is 11.3 Å². The van der Waals surface area contributed by atoms with Crippen molar-refractivity contribution in [2.75, 3.05) is 0 Å². The molecule has 20 heavy (non-hydrogen) atoms. The highest BCUT2D eigenvalue weighted by atomic mass is 35.5. The van der Waals surface area contributed by atoms with Crippen molar-refractivity contribution in [3.8, 4) is 0 Å². The maximum absolute atomic E-state index is 6.02. The van der Waals surface area contributed by atoms with Crippen LogP contribution in [0.5, 0.6) is 0 Å². The minimum absolute atomic E-state index is 0.773. The summed E-state index contributed by atoms with van der Waals surface area (Å²) in [7, 11) is 0. The van der Waals surface area contributed by atoms with E-state index >= 15 is 0 Å². The van der Waals surface area contributed by atoms with Crippen LogP contribution in [-0.4, -0.2) is 9.55 Å². The van der Waals surface area contributed by atoms with Crippen molar-refractivity contribution in [3.63, 3.8) is 0 Å². The third-order valence-corrected chi connectivity index (χ3v) is 4.63. The first-order chi connectivity index (χ1) is 9.79. The van der Waals surface area contributed by atoms with Gasteiger partial charge in [-0.1, -0.05) is 23.7 Å². The summed E-state index contributed by atoms with van der Waals surface area (Å²) in [5.41, 5.74) is 2.26. The lowest BCUT2D eigenvalue weighted by Gasteiger charge is -2.02. The summed E-state index contributed by atoms with van der Waals surface area (Å²) in [6.45, 7) is 0.796. The fraction of sp³-hybridized carbons (Fsp3) is 0.0625. The van der Waals surface area contributed by atoms with Gasteiger partial charge in [-0.05, 0) is 36.4 Å². The Bertz CT molecular complexity index is 874. The zero-order valence-electron chi connectivity index (χ0n) is 10.6. The number of para-hydroxylation sites is 1. The van der Waals surface area contributed by atoms with Gasteiger partial charge in [-0.25, -0.2) is 4.98 Å². The first-order valence-corrected chi connectivity index (χ1v) is 7.58. The van der Waals surface area contributed by atoms with Gasteiger partial charge < -0.3 is 4.57 Å². The molecule has 98 valence electrons. The highest BCUT2D eigenvalue weighted by Gasteiger charge is 2.06. The number of benzene rings is 2. The van der Waals surface area contributed by atoms with Crippen LogP contribution in [0.4, 0.5) is 0 Å². The molecule has 0 unspecified atom stereocenters. The zero-order chi connectivity index (χ0) is 13.5. The van der Waals surface area contributed by atoms with E-state index in [2.05, 4.69) is 46.1 Å². The van der Waals surface area contributed by atoms with Crippen LogP contribution in [0.2, 0.25) is 5.02 Å². The molecule has 0 saturated carbocycles. The average molecular weight is 299 g/mol. The second kappa shape index (κ2) is 4.62. The van der Waals surface area contributed by atoms with E-state index in [9.17, 15) is 0 Å². The van der Waals surface area contributed by atoms with Crippen molar-refractivity contribution in [1.82, 2.24) is 9.55 Å². The van der Waals surface area contributed by atoms with Crippen molar-refractivity contribution < 1.29 is 0 Å². The van der Waals surface area contributed by atoms with Gasteiger partial charge in [-0.3, -0.25) is 0 Å². The molecule has 0 aliphatic rings. The Morgan fingerprint density at radius 3 is 2.90 bits per heavy atom. The second-order valence-corrected chi connectivity index (χ2v) is 6.27. The van der Waals surface area contributed by atoms with Gasteiger partial charge in [0.15, 0.2) is 0 Å². The second-order valence-electron chi connectivity index (χ2n) is 4.72.